The van der Waals surface area contributed by atoms with Crippen LogP contribution in [-0.4, -0.2) is 13.2 Å². The fourth-order valence-corrected chi connectivity index (χ4v) is 3.35. The van der Waals surface area contributed by atoms with Crippen molar-refractivity contribution in [3.05, 3.63) is 0 Å². The van der Waals surface area contributed by atoms with Crippen molar-refractivity contribution >= 4 is 0 Å². The lowest BCUT2D eigenvalue weighted by Gasteiger charge is -2.15. The Balaban J connectivity index is 3.32. The van der Waals surface area contributed by atoms with Crippen LogP contribution in [0.5, 0.6) is 0 Å². The first-order valence-corrected chi connectivity index (χ1v) is 11.1. The molecular weight excluding hydrogens is 294 g/mol. The zero-order chi connectivity index (χ0) is 17.9. The van der Waals surface area contributed by atoms with E-state index in [1.54, 1.807) is 0 Å². The number of hydrogen-bond donors (Lipinski definition) is 1. The predicted molar refractivity (Wildman–Crippen MR) is 108 cm³/mol. The summed E-state index contributed by atoms with van der Waals surface area (Å²) >= 11 is 0. The molecule has 0 aliphatic carbocycles. The van der Waals surface area contributed by atoms with Gasteiger partial charge in [-0.25, -0.2) is 5.48 Å². The molecular formula is C22H47NO. The molecule has 0 aromatic heterocycles. The lowest BCUT2D eigenvalue weighted by atomic mass is 9.93. The SMILES string of the molecule is CCCCC(CC)CCCCCCCNOCC(CC)CCCC. The molecule has 2 atom stereocenters. The minimum Gasteiger partial charge on any atom is -0.302 e. The lowest BCUT2D eigenvalue weighted by molar-refractivity contribution is 0.0133. The summed E-state index contributed by atoms with van der Waals surface area (Å²) < 4.78 is 0. The predicted octanol–water partition coefficient (Wildman–Crippen LogP) is 7.28. The van der Waals surface area contributed by atoms with E-state index in [0.717, 1.165) is 25.0 Å². The molecule has 0 aliphatic rings. The number of unbranched alkanes of at least 4 members (excludes halogenated alkanes) is 6. The Bertz CT molecular complexity index is 208. The van der Waals surface area contributed by atoms with Gasteiger partial charge in [-0.2, -0.15) is 0 Å². The Morgan fingerprint density at radius 1 is 0.625 bits per heavy atom. The van der Waals surface area contributed by atoms with Crippen LogP contribution in [0.15, 0.2) is 0 Å². The number of hydroxylamine groups is 1. The van der Waals surface area contributed by atoms with Crippen molar-refractivity contribution in [3.63, 3.8) is 0 Å². The molecule has 0 aliphatic heterocycles. The smallest absolute Gasteiger partial charge is 0.0710 e. The molecule has 2 unspecified atom stereocenters. The summed E-state index contributed by atoms with van der Waals surface area (Å²) in [7, 11) is 0. The summed E-state index contributed by atoms with van der Waals surface area (Å²) in [6.45, 7) is 11.1. The molecule has 0 bridgehead atoms. The Labute approximate surface area is 153 Å². The second-order valence-electron chi connectivity index (χ2n) is 7.59. The molecule has 2 nitrogen and oxygen atoms in total. The van der Waals surface area contributed by atoms with Gasteiger partial charge in [0.1, 0.15) is 0 Å². The average Bonchev–Trinajstić information content (AvgIpc) is 2.61. The van der Waals surface area contributed by atoms with Gasteiger partial charge in [0.15, 0.2) is 0 Å². The van der Waals surface area contributed by atoms with E-state index in [1.165, 1.54) is 89.9 Å². The molecule has 2 heteroatoms. The van der Waals surface area contributed by atoms with Gasteiger partial charge in [0.2, 0.25) is 0 Å². The largest absolute Gasteiger partial charge is 0.302 e. The van der Waals surface area contributed by atoms with Crippen LogP contribution in [0.25, 0.3) is 0 Å². The summed E-state index contributed by atoms with van der Waals surface area (Å²) in [4.78, 5) is 5.64. The van der Waals surface area contributed by atoms with Crippen LogP contribution in [0.4, 0.5) is 0 Å². The maximum Gasteiger partial charge on any atom is 0.0710 e. The van der Waals surface area contributed by atoms with Crippen molar-refractivity contribution in [1.29, 1.82) is 0 Å². The fraction of sp³-hybridized carbons (Fsp3) is 1.00. The number of hydrogen-bond acceptors (Lipinski definition) is 2. The van der Waals surface area contributed by atoms with E-state index in [4.69, 9.17) is 4.84 Å². The van der Waals surface area contributed by atoms with Crippen LogP contribution < -0.4 is 5.48 Å². The minimum atomic E-state index is 0.733. The monoisotopic (exact) mass is 341 g/mol. The Hall–Kier alpha value is -0.0800. The summed E-state index contributed by atoms with van der Waals surface area (Å²) in [6, 6.07) is 0. The molecule has 0 saturated carbocycles. The van der Waals surface area contributed by atoms with E-state index in [1.807, 2.05) is 0 Å². The van der Waals surface area contributed by atoms with Crippen LogP contribution in [0.1, 0.15) is 118 Å². The third-order valence-electron chi connectivity index (χ3n) is 5.40. The van der Waals surface area contributed by atoms with Crippen molar-refractivity contribution in [2.45, 2.75) is 118 Å². The van der Waals surface area contributed by atoms with Gasteiger partial charge < -0.3 is 4.84 Å². The van der Waals surface area contributed by atoms with Gasteiger partial charge in [0, 0.05) is 6.54 Å². The molecule has 0 amide bonds. The molecule has 0 aromatic carbocycles. The second-order valence-corrected chi connectivity index (χ2v) is 7.59. The fourth-order valence-electron chi connectivity index (χ4n) is 3.35. The van der Waals surface area contributed by atoms with Crippen molar-refractivity contribution in [2.24, 2.45) is 11.8 Å². The third-order valence-corrected chi connectivity index (χ3v) is 5.40. The van der Waals surface area contributed by atoms with Gasteiger partial charge >= 0.3 is 0 Å². The Morgan fingerprint density at radius 3 is 1.79 bits per heavy atom. The summed E-state index contributed by atoms with van der Waals surface area (Å²) in [5.74, 6) is 1.72. The lowest BCUT2D eigenvalue weighted by Crippen LogP contribution is -2.20. The van der Waals surface area contributed by atoms with Crippen molar-refractivity contribution < 1.29 is 4.84 Å². The average molecular weight is 342 g/mol. The normalized spacial score (nSPS) is 14.0. The highest BCUT2D eigenvalue weighted by atomic mass is 16.6. The summed E-state index contributed by atoms with van der Waals surface area (Å²) in [5.41, 5.74) is 3.17. The van der Waals surface area contributed by atoms with Gasteiger partial charge in [-0.15, -0.1) is 0 Å². The quantitative estimate of drug-likeness (QED) is 0.197. The highest BCUT2D eigenvalue weighted by Crippen LogP contribution is 2.20. The topological polar surface area (TPSA) is 21.3 Å². The maximum atomic E-state index is 5.64. The molecule has 0 heterocycles. The van der Waals surface area contributed by atoms with Crippen LogP contribution in [0.3, 0.4) is 0 Å². The second kappa shape index (κ2) is 19.2. The third kappa shape index (κ3) is 15.4. The van der Waals surface area contributed by atoms with E-state index in [-0.39, 0.29) is 0 Å². The molecule has 146 valence electrons. The maximum absolute atomic E-state index is 5.64. The number of rotatable bonds is 19. The van der Waals surface area contributed by atoms with E-state index < -0.39 is 0 Å². The highest BCUT2D eigenvalue weighted by Gasteiger charge is 2.06. The molecule has 0 spiro atoms. The zero-order valence-electron chi connectivity index (χ0n) is 17.4. The van der Waals surface area contributed by atoms with Crippen LogP contribution in [0, 0.1) is 11.8 Å². The van der Waals surface area contributed by atoms with Crippen molar-refractivity contribution in [1.82, 2.24) is 5.48 Å². The van der Waals surface area contributed by atoms with Gasteiger partial charge in [-0.1, -0.05) is 105 Å². The number of nitrogens with one attached hydrogen (secondary N) is 1. The first-order chi connectivity index (χ1) is 11.8. The van der Waals surface area contributed by atoms with Crippen LogP contribution >= 0.6 is 0 Å². The molecule has 0 radical (unpaired) electrons. The van der Waals surface area contributed by atoms with E-state index in [0.29, 0.717) is 0 Å². The first kappa shape index (κ1) is 23.9. The van der Waals surface area contributed by atoms with Crippen LogP contribution in [-0.2, 0) is 4.84 Å². The Morgan fingerprint density at radius 2 is 1.17 bits per heavy atom. The molecule has 0 saturated heterocycles. The van der Waals surface area contributed by atoms with Crippen molar-refractivity contribution in [2.75, 3.05) is 13.2 Å². The summed E-state index contributed by atoms with van der Waals surface area (Å²) in [6.07, 6.45) is 19.0. The highest BCUT2D eigenvalue weighted by molar-refractivity contribution is 4.58. The van der Waals surface area contributed by atoms with E-state index in [2.05, 4.69) is 33.2 Å². The zero-order valence-corrected chi connectivity index (χ0v) is 17.4. The van der Waals surface area contributed by atoms with Gasteiger partial charge in [0.05, 0.1) is 6.61 Å². The summed E-state index contributed by atoms with van der Waals surface area (Å²) in [5, 5.41) is 0. The van der Waals surface area contributed by atoms with Crippen LogP contribution in [0.2, 0.25) is 0 Å². The van der Waals surface area contributed by atoms with E-state index >= 15 is 0 Å². The van der Waals surface area contributed by atoms with Gasteiger partial charge in [-0.05, 0) is 24.7 Å². The van der Waals surface area contributed by atoms with Crippen molar-refractivity contribution in [3.8, 4) is 0 Å². The van der Waals surface area contributed by atoms with E-state index in [9.17, 15) is 0 Å². The first-order valence-electron chi connectivity index (χ1n) is 11.1. The van der Waals surface area contributed by atoms with Gasteiger partial charge in [0.25, 0.3) is 0 Å². The molecule has 0 fully saturated rings. The minimum absolute atomic E-state index is 0.733. The molecule has 0 rings (SSSR count). The molecule has 0 aromatic rings. The molecule has 1 N–H and O–H groups in total. The standard InChI is InChI=1S/C22H47NO/c1-5-9-16-21(7-3)18-14-12-11-13-15-19-23-24-20-22(8-4)17-10-6-2/h21-23H,5-20H2,1-4H3. The van der Waals surface area contributed by atoms with Gasteiger partial charge in [-0.3, -0.25) is 0 Å². The Kier molecular flexibility index (Phi) is 19.2. The molecule has 24 heavy (non-hydrogen) atoms.